The van der Waals surface area contributed by atoms with Gasteiger partial charge >= 0.3 is 0 Å². The SMILES string of the molecule is CN(CC1CSc2ccccc21)C1CNC1. The van der Waals surface area contributed by atoms with E-state index in [1.807, 2.05) is 11.8 Å². The minimum absolute atomic E-state index is 0.729. The lowest BCUT2D eigenvalue weighted by atomic mass is 9.99. The van der Waals surface area contributed by atoms with Crippen LogP contribution >= 0.6 is 11.8 Å². The highest BCUT2D eigenvalue weighted by molar-refractivity contribution is 7.99. The number of hydrogen-bond acceptors (Lipinski definition) is 3. The number of nitrogens with zero attached hydrogens (tertiary/aromatic N) is 1. The summed E-state index contributed by atoms with van der Waals surface area (Å²) >= 11 is 2.01. The Kier molecular flexibility index (Phi) is 2.92. The molecule has 86 valence electrons. The maximum absolute atomic E-state index is 3.34. The fourth-order valence-corrected chi connectivity index (χ4v) is 3.70. The standard InChI is InChI=1S/C13H18N2S/c1-15(11-6-14-7-11)8-10-9-16-13-5-3-2-4-12(10)13/h2-5,10-11,14H,6-9H2,1H3. The van der Waals surface area contributed by atoms with Crippen LogP contribution in [0.4, 0.5) is 0 Å². The predicted molar refractivity (Wildman–Crippen MR) is 69.2 cm³/mol. The van der Waals surface area contributed by atoms with Crippen molar-refractivity contribution in [3.05, 3.63) is 29.8 Å². The molecule has 2 aliphatic heterocycles. The molecule has 0 radical (unpaired) electrons. The van der Waals surface area contributed by atoms with Crippen molar-refractivity contribution in [1.29, 1.82) is 0 Å². The van der Waals surface area contributed by atoms with Crippen LogP contribution in [0, 0.1) is 0 Å². The van der Waals surface area contributed by atoms with Gasteiger partial charge in [0.1, 0.15) is 0 Å². The highest BCUT2D eigenvalue weighted by Gasteiger charge is 2.28. The zero-order valence-corrected chi connectivity index (χ0v) is 10.5. The van der Waals surface area contributed by atoms with E-state index in [2.05, 4.69) is 41.5 Å². The summed E-state index contributed by atoms with van der Waals surface area (Å²) in [5.41, 5.74) is 1.56. The second-order valence-electron chi connectivity index (χ2n) is 4.80. The first-order chi connectivity index (χ1) is 7.84. The number of rotatable bonds is 3. The van der Waals surface area contributed by atoms with Gasteiger partial charge in [0.2, 0.25) is 0 Å². The maximum atomic E-state index is 3.34. The van der Waals surface area contributed by atoms with E-state index >= 15 is 0 Å². The van der Waals surface area contributed by atoms with Crippen molar-refractivity contribution in [3.63, 3.8) is 0 Å². The van der Waals surface area contributed by atoms with Gasteiger partial charge in [-0.25, -0.2) is 0 Å². The van der Waals surface area contributed by atoms with E-state index in [9.17, 15) is 0 Å². The lowest BCUT2D eigenvalue weighted by molar-refractivity contribution is 0.174. The number of nitrogens with one attached hydrogen (secondary N) is 1. The molecule has 1 atom stereocenters. The topological polar surface area (TPSA) is 15.3 Å². The van der Waals surface area contributed by atoms with Gasteiger partial charge in [-0.2, -0.15) is 0 Å². The highest BCUT2D eigenvalue weighted by Crippen LogP contribution is 2.39. The molecule has 0 aliphatic carbocycles. The first kappa shape index (κ1) is 10.6. The molecule has 1 N–H and O–H groups in total. The maximum Gasteiger partial charge on any atom is 0.0342 e. The Balaban J connectivity index is 1.68. The van der Waals surface area contributed by atoms with E-state index in [0.717, 1.165) is 25.0 Å². The Bertz CT molecular complexity index is 376. The third-order valence-electron chi connectivity index (χ3n) is 3.69. The summed E-state index contributed by atoms with van der Waals surface area (Å²) in [6, 6.07) is 9.63. The Morgan fingerprint density at radius 2 is 2.19 bits per heavy atom. The van der Waals surface area contributed by atoms with E-state index in [0.29, 0.717) is 0 Å². The average Bonchev–Trinajstić information content (AvgIpc) is 2.59. The summed E-state index contributed by atoms with van der Waals surface area (Å²) in [6.07, 6.45) is 0. The lowest BCUT2D eigenvalue weighted by Gasteiger charge is -2.37. The molecule has 16 heavy (non-hydrogen) atoms. The first-order valence-electron chi connectivity index (χ1n) is 5.97. The van der Waals surface area contributed by atoms with Gasteiger partial charge in [0.05, 0.1) is 0 Å². The monoisotopic (exact) mass is 234 g/mol. The quantitative estimate of drug-likeness (QED) is 0.858. The molecular formula is C13H18N2S. The van der Waals surface area contributed by atoms with Crippen LogP contribution in [0.15, 0.2) is 29.2 Å². The first-order valence-corrected chi connectivity index (χ1v) is 6.96. The van der Waals surface area contributed by atoms with Gasteiger partial charge in [0, 0.05) is 42.2 Å². The number of benzene rings is 1. The van der Waals surface area contributed by atoms with Crippen LogP contribution in [-0.2, 0) is 0 Å². The summed E-state index contributed by atoms with van der Waals surface area (Å²) in [6.45, 7) is 3.53. The fraction of sp³-hybridized carbons (Fsp3) is 0.538. The Labute approximate surface area is 101 Å². The Morgan fingerprint density at radius 3 is 2.94 bits per heavy atom. The molecule has 1 unspecified atom stereocenters. The van der Waals surface area contributed by atoms with Gasteiger partial charge in [0.25, 0.3) is 0 Å². The highest BCUT2D eigenvalue weighted by atomic mass is 32.2. The minimum atomic E-state index is 0.729. The minimum Gasteiger partial charge on any atom is -0.314 e. The van der Waals surface area contributed by atoms with Crippen LogP contribution < -0.4 is 5.32 Å². The third kappa shape index (κ3) is 1.88. The second-order valence-corrected chi connectivity index (χ2v) is 5.86. The van der Waals surface area contributed by atoms with Gasteiger partial charge in [0.15, 0.2) is 0 Å². The fourth-order valence-electron chi connectivity index (χ4n) is 2.46. The molecule has 3 heteroatoms. The van der Waals surface area contributed by atoms with Crippen molar-refractivity contribution in [1.82, 2.24) is 10.2 Å². The summed E-state index contributed by atoms with van der Waals surface area (Å²) in [4.78, 5) is 4.01. The largest absolute Gasteiger partial charge is 0.314 e. The van der Waals surface area contributed by atoms with Crippen molar-refractivity contribution < 1.29 is 0 Å². The molecule has 0 amide bonds. The average molecular weight is 234 g/mol. The van der Waals surface area contributed by atoms with Crippen LogP contribution in [0.3, 0.4) is 0 Å². The number of fused-ring (bicyclic) bond motifs is 1. The molecule has 0 spiro atoms. The molecule has 2 heterocycles. The van der Waals surface area contributed by atoms with Gasteiger partial charge in [-0.3, -0.25) is 0 Å². The van der Waals surface area contributed by atoms with Crippen LogP contribution in [0.1, 0.15) is 11.5 Å². The summed E-state index contributed by atoms with van der Waals surface area (Å²) in [5.74, 6) is 1.98. The molecule has 0 saturated carbocycles. The molecule has 2 nitrogen and oxygen atoms in total. The van der Waals surface area contributed by atoms with Crippen molar-refractivity contribution >= 4 is 11.8 Å². The molecule has 0 bridgehead atoms. The van der Waals surface area contributed by atoms with Crippen molar-refractivity contribution in [2.45, 2.75) is 16.9 Å². The van der Waals surface area contributed by atoms with Gasteiger partial charge in [-0.1, -0.05) is 18.2 Å². The summed E-state index contributed by atoms with van der Waals surface area (Å²) in [5, 5.41) is 3.34. The number of likely N-dealkylation sites (N-methyl/N-ethyl adjacent to an activating group) is 1. The number of thioether (sulfide) groups is 1. The van der Waals surface area contributed by atoms with Crippen LogP contribution in [0.25, 0.3) is 0 Å². The van der Waals surface area contributed by atoms with Crippen molar-refractivity contribution in [3.8, 4) is 0 Å². The van der Waals surface area contributed by atoms with E-state index < -0.39 is 0 Å². The number of hydrogen-bond donors (Lipinski definition) is 1. The van der Waals surface area contributed by atoms with E-state index in [-0.39, 0.29) is 0 Å². The molecule has 1 aromatic rings. The normalized spacial score (nSPS) is 24.5. The summed E-state index contributed by atoms with van der Waals surface area (Å²) < 4.78 is 0. The molecule has 1 saturated heterocycles. The van der Waals surface area contributed by atoms with Crippen LogP contribution in [-0.4, -0.2) is 43.4 Å². The van der Waals surface area contributed by atoms with Gasteiger partial charge in [-0.05, 0) is 18.7 Å². The molecule has 0 aromatic heterocycles. The molecule has 3 rings (SSSR count). The summed E-state index contributed by atoms with van der Waals surface area (Å²) in [7, 11) is 2.26. The third-order valence-corrected chi connectivity index (χ3v) is 4.94. The zero-order valence-electron chi connectivity index (χ0n) is 9.65. The Hall–Kier alpha value is -0.510. The van der Waals surface area contributed by atoms with Crippen molar-refractivity contribution in [2.75, 3.05) is 32.4 Å². The predicted octanol–water partition coefficient (Wildman–Crippen LogP) is 1.78. The van der Waals surface area contributed by atoms with Crippen LogP contribution in [0.2, 0.25) is 0 Å². The van der Waals surface area contributed by atoms with Gasteiger partial charge < -0.3 is 10.2 Å². The molecular weight excluding hydrogens is 216 g/mol. The smallest absolute Gasteiger partial charge is 0.0342 e. The second kappa shape index (κ2) is 4.40. The lowest BCUT2D eigenvalue weighted by Crippen LogP contribution is -2.56. The van der Waals surface area contributed by atoms with E-state index in [4.69, 9.17) is 0 Å². The van der Waals surface area contributed by atoms with Gasteiger partial charge in [-0.15, -0.1) is 11.8 Å². The molecule has 1 aromatic carbocycles. The van der Waals surface area contributed by atoms with Crippen molar-refractivity contribution in [2.24, 2.45) is 0 Å². The van der Waals surface area contributed by atoms with Crippen LogP contribution in [0.5, 0.6) is 0 Å². The van der Waals surface area contributed by atoms with E-state index in [1.165, 1.54) is 17.2 Å². The molecule has 1 fully saturated rings. The Morgan fingerprint density at radius 1 is 1.38 bits per heavy atom. The zero-order chi connectivity index (χ0) is 11.0. The molecule has 2 aliphatic rings. The van der Waals surface area contributed by atoms with E-state index in [1.54, 1.807) is 5.56 Å².